The molecular formula is C18H20BrNO2. The number of unbranched alkanes of at least 4 members (excludes halogenated alkanes) is 2. The number of rotatable bonds is 7. The number of carbonyl (C=O) groups excluding carboxylic acids is 1. The minimum atomic E-state index is -0.125. The maximum absolute atomic E-state index is 12.1. The number of hydrogen-bond donors (Lipinski definition) is 1. The van der Waals surface area contributed by atoms with Gasteiger partial charge in [0.2, 0.25) is 0 Å². The Kier molecular flexibility index (Phi) is 6.46. The maximum Gasteiger partial charge on any atom is 0.255 e. The number of amides is 1. The van der Waals surface area contributed by atoms with Gasteiger partial charge in [0.05, 0.1) is 6.61 Å². The minimum absolute atomic E-state index is 0.125. The molecule has 2 rings (SSSR count). The van der Waals surface area contributed by atoms with E-state index in [1.165, 1.54) is 12.8 Å². The van der Waals surface area contributed by atoms with Crippen LogP contribution in [0.3, 0.4) is 0 Å². The van der Waals surface area contributed by atoms with Crippen molar-refractivity contribution in [3.05, 3.63) is 58.6 Å². The topological polar surface area (TPSA) is 38.3 Å². The van der Waals surface area contributed by atoms with E-state index in [9.17, 15) is 4.79 Å². The first-order valence-electron chi connectivity index (χ1n) is 7.49. The molecule has 0 aliphatic rings. The second-order valence-electron chi connectivity index (χ2n) is 5.04. The maximum atomic E-state index is 12.1. The molecule has 3 nitrogen and oxygen atoms in total. The number of halogens is 1. The van der Waals surface area contributed by atoms with Crippen molar-refractivity contribution in [2.45, 2.75) is 26.2 Å². The van der Waals surface area contributed by atoms with Gasteiger partial charge >= 0.3 is 0 Å². The van der Waals surface area contributed by atoms with Gasteiger partial charge in [-0.25, -0.2) is 0 Å². The van der Waals surface area contributed by atoms with E-state index in [0.29, 0.717) is 5.56 Å². The highest BCUT2D eigenvalue weighted by Crippen LogP contribution is 2.17. The third kappa shape index (κ3) is 5.19. The summed E-state index contributed by atoms with van der Waals surface area (Å²) in [6.45, 7) is 2.89. The summed E-state index contributed by atoms with van der Waals surface area (Å²) in [5.74, 6) is 0.677. The summed E-state index contributed by atoms with van der Waals surface area (Å²) in [5.41, 5.74) is 1.39. The molecule has 116 valence electrons. The second-order valence-corrected chi connectivity index (χ2v) is 5.96. The monoisotopic (exact) mass is 361 g/mol. The summed E-state index contributed by atoms with van der Waals surface area (Å²) in [6.07, 6.45) is 3.41. The van der Waals surface area contributed by atoms with Crippen LogP contribution in [0.25, 0.3) is 0 Å². The first kappa shape index (κ1) is 16.6. The molecule has 0 spiro atoms. The normalized spacial score (nSPS) is 10.3. The zero-order valence-corrected chi connectivity index (χ0v) is 14.2. The van der Waals surface area contributed by atoms with Gasteiger partial charge in [-0.3, -0.25) is 4.79 Å². The molecule has 22 heavy (non-hydrogen) atoms. The Balaban J connectivity index is 1.89. The Morgan fingerprint density at radius 2 is 1.73 bits per heavy atom. The van der Waals surface area contributed by atoms with Crippen molar-refractivity contribution >= 4 is 27.5 Å². The highest BCUT2D eigenvalue weighted by atomic mass is 79.9. The highest BCUT2D eigenvalue weighted by Gasteiger charge is 2.06. The average molecular weight is 362 g/mol. The number of ether oxygens (including phenoxy) is 1. The van der Waals surface area contributed by atoms with Gasteiger partial charge in [-0.05, 0) is 55.0 Å². The zero-order valence-electron chi connectivity index (χ0n) is 12.6. The highest BCUT2D eigenvalue weighted by molar-refractivity contribution is 9.10. The first-order valence-corrected chi connectivity index (χ1v) is 8.28. The van der Waals surface area contributed by atoms with E-state index in [1.807, 2.05) is 36.4 Å². The van der Waals surface area contributed by atoms with Gasteiger partial charge in [0.15, 0.2) is 0 Å². The average Bonchev–Trinajstić information content (AvgIpc) is 2.54. The molecular weight excluding hydrogens is 342 g/mol. The Morgan fingerprint density at radius 1 is 1.05 bits per heavy atom. The molecule has 4 heteroatoms. The zero-order chi connectivity index (χ0) is 15.8. The summed E-state index contributed by atoms with van der Waals surface area (Å²) >= 11 is 3.37. The molecule has 2 aromatic carbocycles. The van der Waals surface area contributed by atoms with Crippen LogP contribution in [0.2, 0.25) is 0 Å². The molecule has 0 atom stereocenters. The molecule has 1 N–H and O–H groups in total. The van der Waals surface area contributed by atoms with Gasteiger partial charge < -0.3 is 10.1 Å². The molecule has 0 unspecified atom stereocenters. The van der Waals surface area contributed by atoms with E-state index in [2.05, 4.69) is 28.2 Å². The fourth-order valence-electron chi connectivity index (χ4n) is 1.98. The first-order chi connectivity index (χ1) is 10.7. The van der Waals surface area contributed by atoms with Crippen LogP contribution in [0.15, 0.2) is 53.0 Å². The minimum Gasteiger partial charge on any atom is -0.494 e. The molecule has 2 aromatic rings. The van der Waals surface area contributed by atoms with Gasteiger partial charge in [-0.1, -0.05) is 35.7 Å². The van der Waals surface area contributed by atoms with Gasteiger partial charge in [-0.2, -0.15) is 0 Å². The fourth-order valence-corrected chi connectivity index (χ4v) is 2.25. The van der Waals surface area contributed by atoms with Crippen LogP contribution >= 0.6 is 15.9 Å². The van der Waals surface area contributed by atoms with E-state index in [1.54, 1.807) is 12.1 Å². The van der Waals surface area contributed by atoms with Gasteiger partial charge in [0, 0.05) is 15.7 Å². The molecule has 0 heterocycles. The van der Waals surface area contributed by atoms with Crippen LogP contribution in [-0.4, -0.2) is 12.5 Å². The van der Waals surface area contributed by atoms with Crippen molar-refractivity contribution in [1.82, 2.24) is 0 Å². The number of hydrogen-bond acceptors (Lipinski definition) is 2. The Bertz CT molecular complexity index is 593. The number of nitrogens with one attached hydrogen (secondary N) is 1. The van der Waals surface area contributed by atoms with Crippen molar-refractivity contribution in [2.75, 3.05) is 11.9 Å². The standard InChI is InChI=1S/C18H20BrNO2/c1-2-3-4-13-22-17-11-5-14(6-12-17)18(21)20-16-9-7-15(19)8-10-16/h5-12H,2-4,13H2,1H3,(H,20,21). The smallest absolute Gasteiger partial charge is 0.255 e. The van der Waals surface area contributed by atoms with Gasteiger partial charge in [-0.15, -0.1) is 0 Å². The third-order valence-electron chi connectivity index (χ3n) is 3.24. The third-order valence-corrected chi connectivity index (χ3v) is 3.76. The lowest BCUT2D eigenvalue weighted by molar-refractivity contribution is 0.102. The predicted octanol–water partition coefficient (Wildman–Crippen LogP) is 5.27. The summed E-state index contributed by atoms with van der Waals surface area (Å²) in [6, 6.07) is 14.7. The fraction of sp³-hybridized carbons (Fsp3) is 0.278. The van der Waals surface area contributed by atoms with Crippen molar-refractivity contribution in [3.63, 3.8) is 0 Å². The molecule has 0 aromatic heterocycles. The van der Waals surface area contributed by atoms with Crippen LogP contribution in [0.1, 0.15) is 36.5 Å². The molecule has 0 aliphatic heterocycles. The number of benzene rings is 2. The van der Waals surface area contributed by atoms with Crippen LogP contribution in [0.5, 0.6) is 5.75 Å². The second kappa shape index (κ2) is 8.59. The van der Waals surface area contributed by atoms with E-state index in [4.69, 9.17) is 4.74 Å². The van der Waals surface area contributed by atoms with Crippen molar-refractivity contribution < 1.29 is 9.53 Å². The Labute approximate surface area is 139 Å². The number of anilines is 1. The van der Waals surface area contributed by atoms with Crippen molar-refractivity contribution in [2.24, 2.45) is 0 Å². The van der Waals surface area contributed by atoms with Gasteiger partial charge in [0.1, 0.15) is 5.75 Å². The molecule has 1 amide bonds. The van der Waals surface area contributed by atoms with Crippen LogP contribution in [0, 0.1) is 0 Å². The lowest BCUT2D eigenvalue weighted by Crippen LogP contribution is -2.11. The Morgan fingerprint density at radius 3 is 2.36 bits per heavy atom. The lowest BCUT2D eigenvalue weighted by atomic mass is 10.2. The van der Waals surface area contributed by atoms with Gasteiger partial charge in [0.25, 0.3) is 5.91 Å². The Hall–Kier alpha value is -1.81. The quantitative estimate of drug-likeness (QED) is 0.682. The molecule has 0 aliphatic carbocycles. The van der Waals surface area contributed by atoms with Crippen LogP contribution in [0.4, 0.5) is 5.69 Å². The largest absolute Gasteiger partial charge is 0.494 e. The van der Waals surface area contributed by atoms with E-state index in [0.717, 1.165) is 28.9 Å². The number of carbonyl (C=O) groups is 1. The summed E-state index contributed by atoms with van der Waals surface area (Å²) in [5, 5.41) is 2.86. The molecule has 0 fully saturated rings. The van der Waals surface area contributed by atoms with E-state index >= 15 is 0 Å². The lowest BCUT2D eigenvalue weighted by Gasteiger charge is -2.08. The molecule has 0 saturated heterocycles. The molecule has 0 bridgehead atoms. The predicted molar refractivity (Wildman–Crippen MR) is 93.6 cm³/mol. The molecule has 0 radical (unpaired) electrons. The van der Waals surface area contributed by atoms with Crippen molar-refractivity contribution in [1.29, 1.82) is 0 Å². The van der Waals surface area contributed by atoms with Crippen LogP contribution in [-0.2, 0) is 0 Å². The summed E-state index contributed by atoms with van der Waals surface area (Å²) < 4.78 is 6.62. The van der Waals surface area contributed by atoms with E-state index in [-0.39, 0.29) is 5.91 Å². The SMILES string of the molecule is CCCCCOc1ccc(C(=O)Nc2ccc(Br)cc2)cc1. The van der Waals surface area contributed by atoms with Crippen molar-refractivity contribution in [3.8, 4) is 5.75 Å². The molecule has 0 saturated carbocycles. The summed E-state index contributed by atoms with van der Waals surface area (Å²) in [4.78, 5) is 12.1. The van der Waals surface area contributed by atoms with E-state index < -0.39 is 0 Å². The summed E-state index contributed by atoms with van der Waals surface area (Å²) in [7, 11) is 0. The van der Waals surface area contributed by atoms with Crippen LogP contribution < -0.4 is 10.1 Å².